The Morgan fingerprint density at radius 3 is 2.42 bits per heavy atom. The van der Waals surface area contributed by atoms with E-state index in [1.165, 1.54) is 17.7 Å². The number of carbonyl (C=O) groups is 1. The first-order valence-electron chi connectivity index (χ1n) is 10.2. The standard InChI is InChI=1S/C22H35N3O/c1-18-8-5-6-10-20(18)24-14-12-23(13-15-24)19-9-7-11-25(17-19)21(26)16-22(2,3)4/h5-6,8,10,19H,7,9,11-17H2,1-4H3. The first kappa shape index (κ1) is 19.2. The van der Waals surface area contributed by atoms with E-state index in [2.05, 4.69) is 66.7 Å². The fourth-order valence-corrected chi connectivity index (χ4v) is 4.29. The molecule has 1 aromatic rings. The number of piperazine rings is 1. The van der Waals surface area contributed by atoms with Crippen molar-refractivity contribution in [2.75, 3.05) is 44.2 Å². The van der Waals surface area contributed by atoms with E-state index >= 15 is 0 Å². The molecule has 0 saturated carbocycles. The minimum Gasteiger partial charge on any atom is -0.369 e. The van der Waals surface area contributed by atoms with E-state index in [1.807, 2.05) is 0 Å². The summed E-state index contributed by atoms with van der Waals surface area (Å²) in [5.74, 6) is 0.334. The predicted molar refractivity (Wildman–Crippen MR) is 109 cm³/mol. The molecule has 2 aliphatic rings. The van der Waals surface area contributed by atoms with Crippen molar-refractivity contribution in [1.29, 1.82) is 0 Å². The number of aryl methyl sites for hydroxylation is 1. The number of hydrogen-bond acceptors (Lipinski definition) is 3. The molecule has 0 aromatic heterocycles. The van der Waals surface area contributed by atoms with Gasteiger partial charge in [0.2, 0.25) is 5.91 Å². The quantitative estimate of drug-likeness (QED) is 0.828. The minimum absolute atomic E-state index is 0.0726. The Hall–Kier alpha value is -1.55. The number of anilines is 1. The van der Waals surface area contributed by atoms with Crippen LogP contribution in [0.3, 0.4) is 0 Å². The van der Waals surface area contributed by atoms with Gasteiger partial charge in [-0.3, -0.25) is 9.69 Å². The van der Waals surface area contributed by atoms with Gasteiger partial charge < -0.3 is 9.80 Å². The van der Waals surface area contributed by atoms with Gasteiger partial charge in [0.1, 0.15) is 0 Å². The number of rotatable bonds is 3. The van der Waals surface area contributed by atoms with Crippen LogP contribution >= 0.6 is 0 Å². The van der Waals surface area contributed by atoms with E-state index in [-0.39, 0.29) is 5.41 Å². The second-order valence-corrected chi connectivity index (χ2v) is 9.18. The largest absolute Gasteiger partial charge is 0.369 e. The summed E-state index contributed by atoms with van der Waals surface area (Å²) in [5, 5.41) is 0. The van der Waals surface area contributed by atoms with E-state index in [1.54, 1.807) is 0 Å². The Labute approximate surface area is 159 Å². The van der Waals surface area contributed by atoms with E-state index in [9.17, 15) is 4.79 Å². The summed E-state index contributed by atoms with van der Waals surface area (Å²) < 4.78 is 0. The van der Waals surface area contributed by atoms with Crippen LogP contribution in [0, 0.1) is 12.3 Å². The van der Waals surface area contributed by atoms with Crippen molar-refractivity contribution in [3.05, 3.63) is 29.8 Å². The molecular weight excluding hydrogens is 322 g/mol. The fourth-order valence-electron chi connectivity index (χ4n) is 4.29. The third kappa shape index (κ3) is 4.79. The average Bonchev–Trinajstić information content (AvgIpc) is 2.61. The molecule has 2 saturated heterocycles. The molecule has 0 N–H and O–H groups in total. The highest BCUT2D eigenvalue weighted by molar-refractivity contribution is 5.77. The normalized spacial score (nSPS) is 22.5. The van der Waals surface area contributed by atoms with Gasteiger partial charge in [-0.25, -0.2) is 0 Å². The van der Waals surface area contributed by atoms with Crippen molar-refractivity contribution < 1.29 is 4.79 Å². The van der Waals surface area contributed by atoms with Crippen LogP contribution in [-0.4, -0.2) is 61.0 Å². The highest BCUT2D eigenvalue weighted by atomic mass is 16.2. The summed E-state index contributed by atoms with van der Waals surface area (Å²) in [6.45, 7) is 14.9. The Morgan fingerprint density at radius 2 is 1.77 bits per heavy atom. The first-order valence-corrected chi connectivity index (χ1v) is 10.2. The number of hydrogen-bond donors (Lipinski definition) is 0. The lowest BCUT2D eigenvalue weighted by atomic mass is 9.91. The Balaban J connectivity index is 1.54. The van der Waals surface area contributed by atoms with Gasteiger partial charge >= 0.3 is 0 Å². The molecule has 4 heteroatoms. The SMILES string of the molecule is Cc1ccccc1N1CCN(C2CCCN(C(=O)CC(C)(C)C)C2)CC1. The maximum Gasteiger partial charge on any atom is 0.223 e. The molecule has 1 amide bonds. The van der Waals surface area contributed by atoms with Crippen LogP contribution < -0.4 is 4.90 Å². The third-order valence-corrected chi connectivity index (χ3v) is 5.72. The summed E-state index contributed by atoms with van der Waals surface area (Å²) in [4.78, 5) is 19.9. The molecule has 3 rings (SSSR count). The molecule has 26 heavy (non-hydrogen) atoms. The minimum atomic E-state index is 0.0726. The average molecular weight is 358 g/mol. The lowest BCUT2D eigenvalue weighted by Crippen LogP contribution is -2.56. The number of carbonyl (C=O) groups excluding carboxylic acids is 1. The van der Waals surface area contributed by atoms with Gasteiger partial charge in [-0.05, 0) is 36.8 Å². The number of likely N-dealkylation sites (tertiary alicyclic amines) is 1. The van der Waals surface area contributed by atoms with Crippen molar-refractivity contribution in [2.24, 2.45) is 5.41 Å². The molecule has 2 fully saturated rings. The topological polar surface area (TPSA) is 26.8 Å². The Kier molecular flexibility index (Phi) is 5.91. The van der Waals surface area contributed by atoms with E-state index in [0.29, 0.717) is 18.4 Å². The second kappa shape index (κ2) is 7.99. The highest BCUT2D eigenvalue weighted by Crippen LogP contribution is 2.25. The van der Waals surface area contributed by atoms with Crippen molar-refractivity contribution in [3.63, 3.8) is 0 Å². The molecule has 0 radical (unpaired) electrons. The van der Waals surface area contributed by atoms with Gasteiger partial charge in [-0.2, -0.15) is 0 Å². The van der Waals surface area contributed by atoms with Crippen LogP contribution in [0.1, 0.15) is 45.6 Å². The van der Waals surface area contributed by atoms with Gasteiger partial charge in [0.05, 0.1) is 0 Å². The molecule has 4 nitrogen and oxygen atoms in total. The Morgan fingerprint density at radius 1 is 1.08 bits per heavy atom. The lowest BCUT2D eigenvalue weighted by Gasteiger charge is -2.44. The number of amides is 1. The van der Waals surface area contributed by atoms with Crippen molar-refractivity contribution in [1.82, 2.24) is 9.80 Å². The molecule has 0 aliphatic carbocycles. The van der Waals surface area contributed by atoms with Crippen molar-refractivity contribution >= 4 is 11.6 Å². The molecule has 2 heterocycles. The van der Waals surface area contributed by atoms with Gasteiger partial charge in [0.15, 0.2) is 0 Å². The summed E-state index contributed by atoms with van der Waals surface area (Å²) in [5.41, 5.74) is 2.80. The highest BCUT2D eigenvalue weighted by Gasteiger charge is 2.31. The zero-order valence-electron chi connectivity index (χ0n) is 17.0. The number of benzene rings is 1. The van der Waals surface area contributed by atoms with Crippen LogP contribution in [0.4, 0.5) is 5.69 Å². The van der Waals surface area contributed by atoms with Crippen LogP contribution in [0.25, 0.3) is 0 Å². The summed E-state index contributed by atoms with van der Waals surface area (Å²) in [6.07, 6.45) is 3.02. The smallest absolute Gasteiger partial charge is 0.223 e. The zero-order chi connectivity index (χ0) is 18.7. The fraction of sp³-hybridized carbons (Fsp3) is 0.682. The molecule has 1 aromatic carbocycles. The van der Waals surface area contributed by atoms with E-state index < -0.39 is 0 Å². The lowest BCUT2D eigenvalue weighted by molar-refractivity contribution is -0.135. The molecular formula is C22H35N3O. The van der Waals surface area contributed by atoms with Crippen molar-refractivity contribution in [2.45, 2.75) is 53.0 Å². The zero-order valence-corrected chi connectivity index (χ0v) is 17.0. The molecule has 0 bridgehead atoms. The van der Waals surface area contributed by atoms with E-state index in [0.717, 1.165) is 45.7 Å². The number of para-hydroxylation sites is 1. The molecule has 0 spiro atoms. The summed E-state index contributed by atoms with van der Waals surface area (Å²) in [6, 6.07) is 9.21. The number of nitrogens with zero attached hydrogens (tertiary/aromatic N) is 3. The van der Waals surface area contributed by atoms with Crippen LogP contribution in [0.2, 0.25) is 0 Å². The maximum atomic E-state index is 12.6. The van der Waals surface area contributed by atoms with Crippen LogP contribution in [0.15, 0.2) is 24.3 Å². The van der Waals surface area contributed by atoms with Gasteiger partial charge in [-0.15, -0.1) is 0 Å². The van der Waals surface area contributed by atoms with Crippen LogP contribution in [-0.2, 0) is 4.79 Å². The third-order valence-electron chi connectivity index (χ3n) is 5.72. The summed E-state index contributed by atoms with van der Waals surface area (Å²) >= 11 is 0. The second-order valence-electron chi connectivity index (χ2n) is 9.18. The Bertz CT molecular complexity index is 614. The van der Waals surface area contributed by atoms with E-state index in [4.69, 9.17) is 0 Å². The molecule has 1 unspecified atom stereocenters. The molecule has 1 atom stereocenters. The monoisotopic (exact) mass is 357 g/mol. The van der Waals surface area contributed by atoms with Gasteiger partial charge in [0.25, 0.3) is 0 Å². The van der Waals surface area contributed by atoms with Crippen molar-refractivity contribution in [3.8, 4) is 0 Å². The van der Waals surface area contributed by atoms with Crippen LogP contribution in [0.5, 0.6) is 0 Å². The first-order chi connectivity index (χ1) is 12.3. The number of piperidine rings is 1. The predicted octanol–water partition coefficient (Wildman–Crippen LogP) is 3.54. The van der Waals surface area contributed by atoms with Gasteiger partial charge in [-0.1, -0.05) is 39.0 Å². The molecule has 144 valence electrons. The van der Waals surface area contributed by atoms with Gasteiger partial charge in [0, 0.05) is 57.4 Å². The molecule has 2 aliphatic heterocycles. The summed E-state index contributed by atoms with van der Waals surface area (Å²) in [7, 11) is 0. The maximum absolute atomic E-state index is 12.6.